The minimum atomic E-state index is -3.36. The van der Waals surface area contributed by atoms with E-state index < -0.39 is 19.9 Å². The highest BCUT2D eigenvalue weighted by Gasteiger charge is 2.36. The molecule has 0 bridgehead atoms. The number of nitrogens with one attached hydrogen (secondary N) is 1. The molecule has 172 valence electrons. The first kappa shape index (κ1) is 24.7. The number of amides is 1. The van der Waals surface area contributed by atoms with E-state index in [1.165, 1.54) is 31.2 Å². The zero-order chi connectivity index (χ0) is 23.5. The number of alkyl halides is 1. The molecular formula is C20H22IN3O6S2. The lowest BCUT2D eigenvalue weighted by molar-refractivity contribution is -0.110. The van der Waals surface area contributed by atoms with Gasteiger partial charge in [-0.15, -0.1) is 0 Å². The second-order valence-electron chi connectivity index (χ2n) is 7.18. The molecular weight excluding hydrogens is 569 g/mol. The Kier molecular flexibility index (Phi) is 8.01. The number of aliphatic hydroxyl groups excluding tert-OH is 1. The van der Waals surface area contributed by atoms with Crippen molar-refractivity contribution < 1.29 is 28.0 Å². The topological polar surface area (TPSA) is 135 Å². The number of sulfone groups is 1. The zero-order valence-corrected chi connectivity index (χ0v) is 21.2. The van der Waals surface area contributed by atoms with E-state index in [4.69, 9.17) is 9.94 Å². The number of halogens is 1. The molecule has 12 heteroatoms. The van der Waals surface area contributed by atoms with Crippen LogP contribution in [0.15, 0.2) is 34.3 Å². The zero-order valence-electron chi connectivity index (χ0n) is 17.4. The van der Waals surface area contributed by atoms with E-state index in [-0.39, 0.29) is 33.4 Å². The number of rotatable bonds is 10. The lowest BCUT2D eigenvalue weighted by Gasteiger charge is -2.10. The van der Waals surface area contributed by atoms with Crippen LogP contribution in [0.3, 0.4) is 0 Å². The Hall–Kier alpha value is -1.90. The maximum atomic E-state index is 13.0. The van der Waals surface area contributed by atoms with Gasteiger partial charge in [0.25, 0.3) is 5.91 Å². The van der Waals surface area contributed by atoms with Gasteiger partial charge < -0.3 is 9.94 Å². The van der Waals surface area contributed by atoms with Crippen molar-refractivity contribution in [2.75, 3.05) is 11.9 Å². The number of nitrogens with zero attached hydrogens (tertiary/aromatic N) is 2. The average molecular weight is 591 g/mol. The first-order valence-corrected chi connectivity index (χ1v) is 13.4. The molecule has 2 aromatic rings. The van der Waals surface area contributed by atoms with Crippen molar-refractivity contribution in [3.05, 3.63) is 40.4 Å². The van der Waals surface area contributed by atoms with Gasteiger partial charge in [-0.3, -0.25) is 14.9 Å². The number of hydrogen-bond acceptors (Lipinski definition) is 9. The molecule has 1 aromatic carbocycles. The molecule has 1 atom stereocenters. The van der Waals surface area contributed by atoms with Crippen LogP contribution in [0, 0.1) is 6.92 Å². The number of oxime groups is 1. The molecule has 3 rings (SSSR count). The molecule has 1 aromatic heterocycles. The minimum absolute atomic E-state index is 0.0859. The SMILES string of the molecule is CC(=O)c1sc(NC(=O)/C(=N/O[C@@H](I)CCO)c2ccc(S(=O)(=O)C3CC3)cc2)nc1C. The smallest absolute Gasteiger partial charge is 0.280 e. The highest BCUT2D eigenvalue weighted by atomic mass is 127. The molecule has 0 aliphatic heterocycles. The molecule has 0 saturated heterocycles. The molecule has 9 nitrogen and oxygen atoms in total. The summed E-state index contributed by atoms with van der Waals surface area (Å²) in [6.07, 6.45) is 1.63. The number of hydrogen-bond donors (Lipinski definition) is 2. The van der Waals surface area contributed by atoms with Gasteiger partial charge in [0.05, 0.1) is 20.7 Å². The van der Waals surface area contributed by atoms with Crippen LogP contribution in [0.25, 0.3) is 0 Å². The van der Waals surface area contributed by atoms with E-state index in [0.29, 0.717) is 35.4 Å². The molecule has 1 saturated carbocycles. The fourth-order valence-electron chi connectivity index (χ4n) is 2.80. The van der Waals surface area contributed by atoms with Crippen LogP contribution in [-0.2, 0) is 19.5 Å². The Morgan fingerprint density at radius 2 is 2.00 bits per heavy atom. The molecule has 0 radical (unpaired) electrons. The largest absolute Gasteiger partial charge is 0.396 e. The third-order valence-corrected chi connectivity index (χ3v) is 8.89. The molecule has 1 aliphatic carbocycles. The fraction of sp³-hybridized carbons (Fsp3) is 0.400. The first-order chi connectivity index (χ1) is 15.1. The van der Waals surface area contributed by atoms with Crippen LogP contribution in [0.1, 0.15) is 47.1 Å². The van der Waals surface area contributed by atoms with Crippen LogP contribution in [0.5, 0.6) is 0 Å². The van der Waals surface area contributed by atoms with E-state index in [1.807, 2.05) is 22.6 Å². The number of aliphatic hydroxyl groups is 1. The number of carbonyl (C=O) groups excluding carboxylic acids is 2. The summed E-state index contributed by atoms with van der Waals surface area (Å²) >= 11 is 2.99. The standard InChI is InChI=1S/C20H22IN3O6S2/c1-11-18(12(2)26)31-20(22-11)23-19(27)17(24-30-16(21)9-10-25)13-3-5-14(6-4-13)32(28,29)15-7-8-15/h3-6,15-16,25H,7-10H2,1-2H3,(H,22,23,27)/b24-17+/t16-/m1/s1. The van der Waals surface area contributed by atoms with Gasteiger partial charge in [0, 0.05) is 25.5 Å². The number of aromatic nitrogens is 1. The molecule has 32 heavy (non-hydrogen) atoms. The Morgan fingerprint density at radius 1 is 1.34 bits per heavy atom. The van der Waals surface area contributed by atoms with E-state index >= 15 is 0 Å². The first-order valence-electron chi connectivity index (χ1n) is 9.76. The predicted molar refractivity (Wildman–Crippen MR) is 129 cm³/mol. The van der Waals surface area contributed by atoms with Crippen LogP contribution in [0.4, 0.5) is 5.13 Å². The molecule has 1 fully saturated rings. The van der Waals surface area contributed by atoms with Gasteiger partial charge >= 0.3 is 0 Å². The molecule has 0 spiro atoms. The summed E-state index contributed by atoms with van der Waals surface area (Å²) in [6.45, 7) is 2.99. The summed E-state index contributed by atoms with van der Waals surface area (Å²) in [4.78, 5) is 34.8. The molecule has 1 aliphatic rings. The van der Waals surface area contributed by atoms with Crippen LogP contribution < -0.4 is 5.32 Å². The van der Waals surface area contributed by atoms with Crippen molar-refractivity contribution >= 4 is 66.3 Å². The van der Waals surface area contributed by atoms with E-state index in [0.717, 1.165) is 11.3 Å². The van der Waals surface area contributed by atoms with Crippen molar-refractivity contribution in [2.24, 2.45) is 5.16 Å². The normalized spacial score (nSPS) is 15.3. The van der Waals surface area contributed by atoms with Crippen molar-refractivity contribution in [1.82, 2.24) is 4.98 Å². The molecule has 1 heterocycles. The summed E-state index contributed by atoms with van der Waals surface area (Å²) in [5, 5.41) is 15.5. The van der Waals surface area contributed by atoms with Gasteiger partial charge in [-0.1, -0.05) is 28.6 Å². The Labute approximate surface area is 203 Å². The summed E-state index contributed by atoms with van der Waals surface area (Å²) in [7, 11) is -3.36. The average Bonchev–Trinajstić information content (AvgIpc) is 3.53. The highest BCUT2D eigenvalue weighted by Crippen LogP contribution is 2.33. The summed E-state index contributed by atoms with van der Waals surface area (Å²) < 4.78 is 24.4. The van der Waals surface area contributed by atoms with Gasteiger partial charge in [0.2, 0.25) is 0 Å². The molecule has 2 N–H and O–H groups in total. The second kappa shape index (κ2) is 10.4. The Morgan fingerprint density at radius 3 is 2.53 bits per heavy atom. The third kappa shape index (κ3) is 5.91. The van der Waals surface area contributed by atoms with E-state index in [2.05, 4.69) is 15.5 Å². The Balaban J connectivity index is 1.87. The van der Waals surface area contributed by atoms with E-state index in [9.17, 15) is 18.0 Å². The van der Waals surface area contributed by atoms with Gasteiger partial charge in [0.15, 0.2) is 30.6 Å². The van der Waals surface area contributed by atoms with Crippen molar-refractivity contribution in [2.45, 2.75) is 47.4 Å². The monoisotopic (exact) mass is 591 g/mol. The number of aryl methyl sites for hydroxylation is 1. The number of benzene rings is 1. The second-order valence-corrected chi connectivity index (χ2v) is 11.8. The van der Waals surface area contributed by atoms with Crippen LogP contribution in [0.2, 0.25) is 0 Å². The Bertz CT molecular complexity index is 1140. The van der Waals surface area contributed by atoms with Gasteiger partial charge in [-0.2, -0.15) is 0 Å². The van der Waals surface area contributed by atoms with Crippen molar-refractivity contribution in [3.8, 4) is 0 Å². The summed E-state index contributed by atoms with van der Waals surface area (Å²) in [6, 6.07) is 5.89. The van der Waals surface area contributed by atoms with Crippen LogP contribution in [-0.4, -0.2) is 51.9 Å². The maximum Gasteiger partial charge on any atom is 0.280 e. The van der Waals surface area contributed by atoms with Gasteiger partial charge in [-0.05, 0) is 54.5 Å². The maximum absolute atomic E-state index is 13.0. The molecule has 0 unspecified atom stereocenters. The van der Waals surface area contributed by atoms with Gasteiger partial charge in [-0.25, -0.2) is 13.4 Å². The molecule has 1 amide bonds. The third-order valence-electron chi connectivity index (χ3n) is 4.59. The highest BCUT2D eigenvalue weighted by molar-refractivity contribution is 14.1. The number of Topliss-reactive ketones (excluding diaryl/α,β-unsaturated/α-hetero) is 1. The lowest BCUT2D eigenvalue weighted by atomic mass is 10.1. The van der Waals surface area contributed by atoms with Crippen LogP contribution >= 0.6 is 33.9 Å². The summed E-state index contributed by atoms with van der Waals surface area (Å²) in [5.41, 5.74) is 0.777. The number of anilines is 1. The van der Waals surface area contributed by atoms with Gasteiger partial charge in [0.1, 0.15) is 0 Å². The van der Waals surface area contributed by atoms with Crippen molar-refractivity contribution in [3.63, 3.8) is 0 Å². The number of ketones is 1. The number of carbonyl (C=O) groups is 2. The van der Waals surface area contributed by atoms with E-state index in [1.54, 1.807) is 6.92 Å². The minimum Gasteiger partial charge on any atom is -0.396 e. The van der Waals surface area contributed by atoms with Crippen molar-refractivity contribution in [1.29, 1.82) is 0 Å². The quantitative estimate of drug-likeness (QED) is 0.143. The summed E-state index contributed by atoms with van der Waals surface area (Å²) in [5.74, 6) is -0.777. The predicted octanol–water partition coefficient (Wildman–Crippen LogP) is 3.09. The fourth-order valence-corrected chi connectivity index (χ4v) is 5.70. The lowest BCUT2D eigenvalue weighted by Crippen LogP contribution is -2.25. The number of thiazole rings is 1.